The Labute approximate surface area is 199 Å². The van der Waals surface area contributed by atoms with Gasteiger partial charge in [0.05, 0.1) is 0 Å². The van der Waals surface area contributed by atoms with Crippen molar-refractivity contribution in [2.75, 3.05) is 0 Å². The monoisotopic (exact) mass is 463 g/mol. The van der Waals surface area contributed by atoms with Crippen molar-refractivity contribution in [3.05, 3.63) is 69.3 Å². The number of nitrogens with one attached hydrogen (secondary N) is 2. The van der Waals surface area contributed by atoms with Crippen LogP contribution in [0.2, 0.25) is 0 Å². The lowest BCUT2D eigenvalue weighted by Crippen LogP contribution is -2.44. The second-order valence-corrected chi connectivity index (χ2v) is 9.53. The van der Waals surface area contributed by atoms with E-state index in [4.69, 9.17) is 0 Å². The highest BCUT2D eigenvalue weighted by Gasteiger charge is 2.25. The molecule has 1 amide bonds. The molecule has 0 spiro atoms. The summed E-state index contributed by atoms with van der Waals surface area (Å²) in [5, 5.41) is 13.4. The molecule has 0 bridgehead atoms. The van der Waals surface area contributed by atoms with E-state index in [2.05, 4.69) is 10.3 Å². The van der Waals surface area contributed by atoms with Crippen LogP contribution >= 0.6 is 0 Å². The van der Waals surface area contributed by atoms with Gasteiger partial charge in [0.15, 0.2) is 0 Å². The van der Waals surface area contributed by atoms with E-state index in [9.17, 15) is 19.5 Å². The number of benzene rings is 1. The number of aryl methyl sites for hydroxylation is 2. The molecule has 34 heavy (non-hydrogen) atoms. The Morgan fingerprint density at radius 1 is 1.15 bits per heavy atom. The van der Waals surface area contributed by atoms with E-state index in [0.717, 1.165) is 40.7 Å². The molecule has 180 valence electrons. The van der Waals surface area contributed by atoms with E-state index in [1.54, 1.807) is 10.6 Å². The molecular formula is C27H33N3O4. The Kier molecular flexibility index (Phi) is 7.20. The third-order valence-electron chi connectivity index (χ3n) is 7.11. The number of fused-ring (bicyclic) bond motifs is 1. The van der Waals surface area contributed by atoms with Crippen LogP contribution in [0, 0.1) is 19.8 Å². The highest BCUT2D eigenvalue weighted by atomic mass is 16.4. The van der Waals surface area contributed by atoms with Gasteiger partial charge in [0.2, 0.25) is 0 Å². The van der Waals surface area contributed by atoms with E-state index in [0.29, 0.717) is 18.9 Å². The lowest BCUT2D eigenvalue weighted by molar-refractivity contribution is -0.139. The molecule has 2 aromatic heterocycles. The summed E-state index contributed by atoms with van der Waals surface area (Å²) in [5.74, 6) is -1.31. The number of para-hydroxylation sites is 1. The van der Waals surface area contributed by atoms with Gasteiger partial charge in [0.25, 0.3) is 11.5 Å². The fourth-order valence-electron chi connectivity index (χ4n) is 4.97. The zero-order chi connectivity index (χ0) is 24.2. The largest absolute Gasteiger partial charge is 0.480 e. The fraction of sp³-hybridized carbons (Fsp3) is 0.444. The molecule has 0 saturated heterocycles. The molecule has 3 aromatic rings. The van der Waals surface area contributed by atoms with Gasteiger partial charge in [-0.15, -0.1) is 0 Å². The summed E-state index contributed by atoms with van der Waals surface area (Å²) in [6, 6.07) is 10.3. The van der Waals surface area contributed by atoms with Crippen LogP contribution < -0.4 is 10.9 Å². The maximum absolute atomic E-state index is 13.2. The number of aromatic amines is 1. The van der Waals surface area contributed by atoms with Crippen LogP contribution in [0.5, 0.6) is 0 Å². The number of carbonyl (C=O) groups excluding carboxylic acids is 1. The SMILES string of the molecule is Cc1cc(C(=O)NC(CCc2cc3ccccc3[nH]2)C(=O)O)c(=O)n(CC2CCCCC2)c1C. The van der Waals surface area contributed by atoms with Crippen LogP contribution in [0.4, 0.5) is 0 Å². The summed E-state index contributed by atoms with van der Waals surface area (Å²) in [7, 11) is 0. The standard InChI is InChI=1S/C27H33N3O4/c1-17-14-22(26(32)30(18(17)2)16-19-8-4-3-5-9-19)25(31)29-24(27(33)34)13-12-21-15-20-10-6-7-11-23(20)28-21/h6-7,10-11,14-15,19,24,28H,3-5,8-9,12-13,16H2,1-2H3,(H,29,31)(H,33,34). The average Bonchev–Trinajstić information content (AvgIpc) is 3.25. The Morgan fingerprint density at radius 2 is 1.88 bits per heavy atom. The number of nitrogens with zero attached hydrogens (tertiary/aromatic N) is 1. The molecule has 1 aliphatic carbocycles. The third-order valence-corrected chi connectivity index (χ3v) is 7.11. The van der Waals surface area contributed by atoms with Crippen LogP contribution in [-0.2, 0) is 17.8 Å². The van der Waals surface area contributed by atoms with Gasteiger partial charge in [-0.2, -0.15) is 0 Å². The first-order valence-electron chi connectivity index (χ1n) is 12.1. The van der Waals surface area contributed by atoms with Crippen LogP contribution in [0.3, 0.4) is 0 Å². The van der Waals surface area contributed by atoms with Crippen molar-refractivity contribution in [1.29, 1.82) is 0 Å². The van der Waals surface area contributed by atoms with E-state index in [1.165, 1.54) is 19.3 Å². The smallest absolute Gasteiger partial charge is 0.326 e. The molecule has 1 atom stereocenters. The molecule has 0 radical (unpaired) electrons. The molecule has 7 heteroatoms. The van der Waals surface area contributed by atoms with Crippen molar-refractivity contribution < 1.29 is 14.7 Å². The van der Waals surface area contributed by atoms with Crippen molar-refractivity contribution in [2.45, 2.75) is 71.4 Å². The second kappa shape index (κ2) is 10.3. The second-order valence-electron chi connectivity index (χ2n) is 9.53. The lowest BCUT2D eigenvalue weighted by Gasteiger charge is -2.24. The number of carbonyl (C=O) groups is 2. The Hall–Kier alpha value is -3.35. The minimum absolute atomic E-state index is 0.00997. The Morgan fingerprint density at radius 3 is 2.59 bits per heavy atom. The van der Waals surface area contributed by atoms with Crippen molar-refractivity contribution in [1.82, 2.24) is 14.9 Å². The minimum atomic E-state index is -1.11. The Balaban J connectivity index is 1.49. The Bertz CT molecular complexity index is 1220. The maximum Gasteiger partial charge on any atom is 0.326 e. The first-order valence-corrected chi connectivity index (χ1v) is 12.1. The molecule has 1 fully saturated rings. The zero-order valence-electron chi connectivity index (χ0n) is 19.9. The third kappa shape index (κ3) is 5.24. The van der Waals surface area contributed by atoms with Crippen molar-refractivity contribution in [2.24, 2.45) is 5.92 Å². The minimum Gasteiger partial charge on any atom is -0.480 e. The van der Waals surface area contributed by atoms with Gasteiger partial charge >= 0.3 is 5.97 Å². The van der Waals surface area contributed by atoms with Crippen LogP contribution in [0.1, 0.15) is 65.8 Å². The summed E-state index contributed by atoms with van der Waals surface area (Å²) >= 11 is 0. The van der Waals surface area contributed by atoms with Crippen LogP contribution in [0.15, 0.2) is 41.2 Å². The molecule has 0 aliphatic heterocycles. The number of hydrogen-bond donors (Lipinski definition) is 3. The predicted octanol–water partition coefficient (Wildman–Crippen LogP) is 4.34. The summed E-state index contributed by atoms with van der Waals surface area (Å²) in [6.07, 6.45) is 6.45. The zero-order valence-corrected chi connectivity index (χ0v) is 19.9. The quantitative estimate of drug-likeness (QED) is 0.462. The van der Waals surface area contributed by atoms with Gasteiger partial charge in [-0.1, -0.05) is 37.5 Å². The van der Waals surface area contributed by atoms with Crippen LogP contribution in [0.25, 0.3) is 10.9 Å². The van der Waals surface area contributed by atoms with E-state index < -0.39 is 17.9 Å². The first kappa shape index (κ1) is 23.8. The average molecular weight is 464 g/mol. The number of amides is 1. The summed E-state index contributed by atoms with van der Waals surface area (Å²) in [5.41, 5.74) is 3.28. The van der Waals surface area contributed by atoms with Crippen molar-refractivity contribution in [3.63, 3.8) is 0 Å². The predicted molar refractivity (Wildman–Crippen MR) is 132 cm³/mol. The van der Waals surface area contributed by atoms with Gasteiger partial charge in [0, 0.05) is 23.4 Å². The van der Waals surface area contributed by atoms with Gasteiger partial charge in [-0.05, 0) is 74.6 Å². The van der Waals surface area contributed by atoms with Crippen LogP contribution in [-0.4, -0.2) is 32.6 Å². The number of carboxylic acids is 1. The molecular weight excluding hydrogens is 430 g/mol. The van der Waals surface area contributed by atoms with Gasteiger partial charge < -0.3 is 20.0 Å². The van der Waals surface area contributed by atoms with Crippen molar-refractivity contribution >= 4 is 22.8 Å². The molecule has 1 aromatic carbocycles. The normalized spacial score (nSPS) is 15.4. The number of pyridine rings is 1. The number of aliphatic carboxylic acids is 1. The molecule has 3 N–H and O–H groups in total. The van der Waals surface area contributed by atoms with Gasteiger partial charge in [0.1, 0.15) is 11.6 Å². The van der Waals surface area contributed by atoms with E-state index in [1.807, 2.05) is 44.2 Å². The highest BCUT2D eigenvalue weighted by molar-refractivity contribution is 5.96. The highest BCUT2D eigenvalue weighted by Crippen LogP contribution is 2.25. The number of rotatable bonds is 8. The molecule has 7 nitrogen and oxygen atoms in total. The maximum atomic E-state index is 13.2. The van der Waals surface area contributed by atoms with E-state index in [-0.39, 0.29) is 17.5 Å². The lowest BCUT2D eigenvalue weighted by atomic mass is 9.89. The summed E-state index contributed by atoms with van der Waals surface area (Å²) in [6.45, 7) is 4.39. The van der Waals surface area contributed by atoms with Gasteiger partial charge in [-0.3, -0.25) is 9.59 Å². The summed E-state index contributed by atoms with van der Waals surface area (Å²) < 4.78 is 1.71. The van der Waals surface area contributed by atoms with Gasteiger partial charge in [-0.25, -0.2) is 4.79 Å². The molecule has 1 unspecified atom stereocenters. The number of aromatic nitrogens is 2. The van der Waals surface area contributed by atoms with E-state index >= 15 is 0 Å². The fourth-order valence-corrected chi connectivity index (χ4v) is 4.97. The first-order chi connectivity index (χ1) is 16.3. The summed E-state index contributed by atoms with van der Waals surface area (Å²) in [4.78, 5) is 41.5. The number of H-pyrrole nitrogens is 1. The number of carboxylic acid groups (broad SMARTS) is 1. The molecule has 1 saturated carbocycles. The number of hydrogen-bond acceptors (Lipinski definition) is 3. The topological polar surface area (TPSA) is 104 Å². The van der Waals surface area contributed by atoms with Crippen molar-refractivity contribution in [3.8, 4) is 0 Å². The molecule has 1 aliphatic rings. The molecule has 4 rings (SSSR count). The molecule has 2 heterocycles.